The molecule has 3 amide bonds. The molecule has 0 saturated carbocycles. The number of carbonyl (C=O) groups is 3. The molecule has 1 aliphatic heterocycles. The summed E-state index contributed by atoms with van der Waals surface area (Å²) in [5.41, 5.74) is 2.16. The molecular formula is C20H20N2O5. The van der Waals surface area contributed by atoms with E-state index in [1.807, 2.05) is 6.92 Å². The molecule has 0 bridgehead atoms. The quantitative estimate of drug-likeness (QED) is 0.793. The van der Waals surface area contributed by atoms with Gasteiger partial charge in [-0.2, -0.15) is 0 Å². The van der Waals surface area contributed by atoms with E-state index in [-0.39, 0.29) is 30.7 Å². The molecule has 140 valence electrons. The van der Waals surface area contributed by atoms with Gasteiger partial charge < -0.3 is 14.8 Å². The Bertz CT molecular complexity index is 923. The van der Waals surface area contributed by atoms with Gasteiger partial charge in [-0.3, -0.25) is 19.3 Å². The van der Waals surface area contributed by atoms with Crippen LogP contribution in [0.5, 0.6) is 11.5 Å². The number of rotatable bonds is 6. The number of hydrogen-bond acceptors (Lipinski definition) is 5. The Labute approximate surface area is 156 Å². The molecule has 27 heavy (non-hydrogen) atoms. The van der Waals surface area contributed by atoms with Gasteiger partial charge in [-0.05, 0) is 31.2 Å². The van der Waals surface area contributed by atoms with Crippen molar-refractivity contribution in [2.24, 2.45) is 0 Å². The highest BCUT2D eigenvalue weighted by Crippen LogP contribution is 2.29. The second-order valence-corrected chi connectivity index (χ2v) is 6.18. The number of anilines is 1. The summed E-state index contributed by atoms with van der Waals surface area (Å²) in [7, 11) is 3.03. The monoisotopic (exact) mass is 368 g/mol. The lowest BCUT2D eigenvalue weighted by Gasteiger charge is -2.15. The van der Waals surface area contributed by atoms with E-state index in [4.69, 9.17) is 9.47 Å². The van der Waals surface area contributed by atoms with Gasteiger partial charge in [0.25, 0.3) is 11.8 Å². The summed E-state index contributed by atoms with van der Waals surface area (Å²) in [6.45, 7) is 1.87. The largest absolute Gasteiger partial charge is 0.497 e. The molecule has 0 saturated heterocycles. The molecule has 2 aromatic rings. The minimum atomic E-state index is -0.371. The summed E-state index contributed by atoms with van der Waals surface area (Å²) in [4.78, 5) is 38.2. The van der Waals surface area contributed by atoms with Crippen LogP contribution in [-0.4, -0.2) is 43.4 Å². The standard InChI is InChI=1S/C20H20N2O5/c1-12-4-6-14-15(10-12)20(25)22(19(14)24)9-8-18(23)21-16-7-5-13(26-2)11-17(16)27-3/h4-7,10-11H,8-9H2,1-3H3,(H,21,23). The Morgan fingerprint density at radius 3 is 2.44 bits per heavy atom. The zero-order valence-electron chi connectivity index (χ0n) is 15.4. The molecule has 7 nitrogen and oxygen atoms in total. The van der Waals surface area contributed by atoms with Crippen LogP contribution >= 0.6 is 0 Å². The zero-order chi connectivity index (χ0) is 19.6. The van der Waals surface area contributed by atoms with Crippen LogP contribution in [0.3, 0.4) is 0 Å². The molecule has 3 rings (SSSR count). The van der Waals surface area contributed by atoms with Crippen LogP contribution < -0.4 is 14.8 Å². The Morgan fingerprint density at radius 1 is 1.00 bits per heavy atom. The number of aryl methyl sites for hydroxylation is 1. The molecule has 0 spiro atoms. The average Bonchev–Trinajstić information content (AvgIpc) is 2.90. The third kappa shape index (κ3) is 3.62. The number of amides is 3. The predicted octanol–water partition coefficient (Wildman–Crippen LogP) is 2.64. The van der Waals surface area contributed by atoms with Gasteiger partial charge in [0, 0.05) is 19.0 Å². The topological polar surface area (TPSA) is 84.9 Å². The third-order valence-corrected chi connectivity index (χ3v) is 4.37. The Morgan fingerprint density at radius 2 is 1.74 bits per heavy atom. The van der Waals surface area contributed by atoms with Crippen molar-refractivity contribution in [1.29, 1.82) is 0 Å². The van der Waals surface area contributed by atoms with Crippen molar-refractivity contribution >= 4 is 23.4 Å². The Hall–Kier alpha value is -3.35. The zero-order valence-corrected chi connectivity index (χ0v) is 15.4. The van der Waals surface area contributed by atoms with E-state index in [0.29, 0.717) is 28.3 Å². The van der Waals surface area contributed by atoms with Crippen molar-refractivity contribution in [3.05, 3.63) is 53.1 Å². The summed E-state index contributed by atoms with van der Waals surface area (Å²) in [5, 5.41) is 2.73. The van der Waals surface area contributed by atoms with Crippen molar-refractivity contribution in [1.82, 2.24) is 4.90 Å². The van der Waals surface area contributed by atoms with Crippen LogP contribution in [0.4, 0.5) is 5.69 Å². The molecule has 0 fully saturated rings. The molecule has 0 radical (unpaired) electrons. The van der Waals surface area contributed by atoms with Gasteiger partial charge in [-0.15, -0.1) is 0 Å². The number of imide groups is 1. The second-order valence-electron chi connectivity index (χ2n) is 6.18. The van der Waals surface area contributed by atoms with Crippen molar-refractivity contribution in [2.75, 3.05) is 26.1 Å². The predicted molar refractivity (Wildman–Crippen MR) is 99.3 cm³/mol. The molecule has 1 heterocycles. The fourth-order valence-electron chi connectivity index (χ4n) is 2.94. The van der Waals surface area contributed by atoms with Gasteiger partial charge in [0.05, 0.1) is 31.0 Å². The lowest BCUT2D eigenvalue weighted by molar-refractivity contribution is -0.116. The van der Waals surface area contributed by atoms with Gasteiger partial charge in [0.15, 0.2) is 0 Å². The van der Waals surface area contributed by atoms with Crippen LogP contribution in [0.1, 0.15) is 32.7 Å². The van der Waals surface area contributed by atoms with Crippen molar-refractivity contribution in [2.45, 2.75) is 13.3 Å². The summed E-state index contributed by atoms with van der Waals surface area (Å²) >= 11 is 0. The molecule has 0 atom stereocenters. The molecule has 1 aliphatic rings. The molecule has 0 aliphatic carbocycles. The van der Waals surface area contributed by atoms with E-state index in [1.54, 1.807) is 36.4 Å². The van der Waals surface area contributed by atoms with Crippen molar-refractivity contribution < 1.29 is 23.9 Å². The Kier molecular flexibility index (Phi) is 5.12. The lowest BCUT2D eigenvalue weighted by Crippen LogP contribution is -2.32. The first-order chi connectivity index (χ1) is 12.9. The first-order valence-electron chi connectivity index (χ1n) is 8.43. The van der Waals surface area contributed by atoms with Crippen LogP contribution in [0.25, 0.3) is 0 Å². The van der Waals surface area contributed by atoms with Crippen molar-refractivity contribution in [3.63, 3.8) is 0 Å². The number of nitrogens with zero attached hydrogens (tertiary/aromatic N) is 1. The van der Waals surface area contributed by atoms with Gasteiger partial charge in [0.1, 0.15) is 11.5 Å². The maximum absolute atomic E-state index is 12.4. The van der Waals surface area contributed by atoms with Gasteiger partial charge in [0.2, 0.25) is 5.91 Å². The number of hydrogen-bond donors (Lipinski definition) is 1. The fraction of sp³-hybridized carbons (Fsp3) is 0.250. The third-order valence-electron chi connectivity index (χ3n) is 4.37. The maximum Gasteiger partial charge on any atom is 0.261 e. The SMILES string of the molecule is COc1ccc(NC(=O)CCN2C(=O)c3ccc(C)cc3C2=O)c(OC)c1. The van der Waals surface area contributed by atoms with Crippen molar-refractivity contribution in [3.8, 4) is 11.5 Å². The van der Waals surface area contributed by atoms with Crippen LogP contribution in [-0.2, 0) is 4.79 Å². The molecule has 2 aromatic carbocycles. The van der Waals surface area contributed by atoms with Crippen LogP contribution in [0.2, 0.25) is 0 Å². The highest BCUT2D eigenvalue weighted by molar-refractivity contribution is 6.21. The summed E-state index contributed by atoms with van der Waals surface area (Å²) < 4.78 is 10.4. The number of ether oxygens (including phenoxy) is 2. The first kappa shape index (κ1) is 18.4. The molecular weight excluding hydrogens is 348 g/mol. The van der Waals surface area contributed by atoms with E-state index in [2.05, 4.69) is 5.32 Å². The second kappa shape index (κ2) is 7.49. The van der Waals surface area contributed by atoms with E-state index in [0.717, 1.165) is 10.5 Å². The summed E-state index contributed by atoms with van der Waals surface area (Å²) in [5.74, 6) is -0.00497. The van der Waals surface area contributed by atoms with Gasteiger partial charge in [-0.25, -0.2) is 0 Å². The number of benzene rings is 2. The fourth-order valence-corrected chi connectivity index (χ4v) is 2.94. The van der Waals surface area contributed by atoms with E-state index < -0.39 is 0 Å². The highest BCUT2D eigenvalue weighted by atomic mass is 16.5. The van der Waals surface area contributed by atoms with E-state index >= 15 is 0 Å². The average molecular weight is 368 g/mol. The van der Waals surface area contributed by atoms with Crippen LogP contribution in [0.15, 0.2) is 36.4 Å². The van der Waals surface area contributed by atoms with E-state index in [1.165, 1.54) is 14.2 Å². The smallest absolute Gasteiger partial charge is 0.261 e. The molecule has 0 unspecified atom stereocenters. The molecule has 1 N–H and O–H groups in total. The maximum atomic E-state index is 12.4. The number of methoxy groups -OCH3 is 2. The normalized spacial score (nSPS) is 12.8. The minimum Gasteiger partial charge on any atom is -0.497 e. The van der Waals surface area contributed by atoms with Gasteiger partial charge >= 0.3 is 0 Å². The van der Waals surface area contributed by atoms with Gasteiger partial charge in [-0.1, -0.05) is 11.6 Å². The highest BCUT2D eigenvalue weighted by Gasteiger charge is 2.35. The lowest BCUT2D eigenvalue weighted by atomic mass is 10.1. The molecule has 0 aromatic heterocycles. The van der Waals surface area contributed by atoms with E-state index in [9.17, 15) is 14.4 Å². The minimum absolute atomic E-state index is 0.00962. The number of nitrogens with one attached hydrogen (secondary N) is 1. The number of carbonyl (C=O) groups excluding carboxylic acids is 3. The molecule has 7 heteroatoms. The number of fused-ring (bicyclic) bond motifs is 1. The Balaban J connectivity index is 1.65. The van der Waals surface area contributed by atoms with Crippen LogP contribution in [0, 0.1) is 6.92 Å². The summed E-state index contributed by atoms with van der Waals surface area (Å²) in [6.07, 6.45) is -0.0143. The summed E-state index contributed by atoms with van der Waals surface area (Å²) in [6, 6.07) is 10.1. The first-order valence-corrected chi connectivity index (χ1v) is 8.43.